The third-order valence-electron chi connectivity index (χ3n) is 3.53. The van der Waals surface area contributed by atoms with Crippen LogP contribution in [0, 0.1) is 0 Å². The fourth-order valence-corrected chi connectivity index (χ4v) is 3.29. The highest BCUT2D eigenvalue weighted by molar-refractivity contribution is 8.03. The lowest BCUT2D eigenvalue weighted by Gasteiger charge is -2.13. The molecule has 0 saturated heterocycles. The number of halogens is 2. The monoisotopic (exact) mass is 450 g/mol. The van der Waals surface area contributed by atoms with Gasteiger partial charge in [0.15, 0.2) is 0 Å². The molecule has 3 rings (SSSR count). The van der Waals surface area contributed by atoms with Crippen LogP contribution in [0.2, 0.25) is 10.0 Å². The smallest absolute Gasteiger partial charge is 0.342 e. The summed E-state index contributed by atoms with van der Waals surface area (Å²) in [5.41, 5.74) is 1.21. The van der Waals surface area contributed by atoms with Gasteiger partial charge in [0.1, 0.15) is 10.7 Å². The summed E-state index contributed by atoms with van der Waals surface area (Å²) >= 11 is 12.8. The average Bonchev–Trinajstić information content (AvgIpc) is 3.12. The van der Waals surface area contributed by atoms with E-state index in [4.69, 9.17) is 32.4 Å². The van der Waals surface area contributed by atoms with Crippen LogP contribution in [0.25, 0.3) is 17.5 Å². The third-order valence-corrected chi connectivity index (χ3v) is 4.87. The molecular formula is C20H16Cl2N2O4S. The van der Waals surface area contributed by atoms with Crippen LogP contribution in [0.1, 0.15) is 19.4 Å². The number of hydrogen-bond acceptors (Lipinski definition) is 6. The zero-order chi connectivity index (χ0) is 21.0. The van der Waals surface area contributed by atoms with E-state index in [9.17, 15) is 9.90 Å². The van der Waals surface area contributed by atoms with Crippen LogP contribution in [-0.4, -0.2) is 27.4 Å². The molecule has 9 heteroatoms. The minimum Gasteiger partial charge on any atom is -0.490 e. The van der Waals surface area contributed by atoms with Gasteiger partial charge in [0.25, 0.3) is 5.22 Å². The molecule has 0 bridgehead atoms. The molecule has 29 heavy (non-hydrogen) atoms. The fourth-order valence-electron chi connectivity index (χ4n) is 2.32. The minimum atomic E-state index is -1.14. The van der Waals surface area contributed by atoms with E-state index in [0.29, 0.717) is 26.9 Å². The van der Waals surface area contributed by atoms with Gasteiger partial charge in [0.2, 0.25) is 5.89 Å². The van der Waals surface area contributed by atoms with Gasteiger partial charge in [-0.2, -0.15) is 0 Å². The summed E-state index contributed by atoms with van der Waals surface area (Å²) in [7, 11) is 0. The zero-order valence-corrected chi connectivity index (χ0v) is 17.8. The Morgan fingerprint density at radius 3 is 2.48 bits per heavy atom. The number of thioether (sulfide) groups is 1. The maximum atomic E-state index is 11.8. The number of carboxylic acid groups (broad SMARTS) is 1. The fraction of sp³-hybridized carbons (Fsp3) is 0.150. The Bertz CT molecular complexity index is 1050. The van der Waals surface area contributed by atoms with Gasteiger partial charge in [-0.1, -0.05) is 23.2 Å². The van der Waals surface area contributed by atoms with E-state index in [1.807, 2.05) is 13.8 Å². The standard InChI is InChI=1S/C20H16Cl2N2O4S/c1-11(2)27-16-8-7-15(22)9-13(16)10-17(19(25)26)29-20-24-23-18(28-20)12-3-5-14(21)6-4-12/h3-11H,1-2H3,(H,25,26)/b17-10+. The number of benzene rings is 2. The van der Waals surface area contributed by atoms with Gasteiger partial charge in [0.05, 0.1) is 6.10 Å². The number of aliphatic carboxylic acids is 1. The molecule has 0 aliphatic carbocycles. The molecule has 6 nitrogen and oxygen atoms in total. The Labute approximate surface area is 181 Å². The number of rotatable bonds is 7. The lowest BCUT2D eigenvalue weighted by atomic mass is 10.2. The van der Waals surface area contributed by atoms with Crippen LogP contribution in [0.5, 0.6) is 5.75 Å². The van der Waals surface area contributed by atoms with Gasteiger partial charge in [-0.25, -0.2) is 4.79 Å². The van der Waals surface area contributed by atoms with Crippen molar-refractivity contribution in [2.45, 2.75) is 25.2 Å². The average molecular weight is 451 g/mol. The molecule has 0 atom stereocenters. The zero-order valence-electron chi connectivity index (χ0n) is 15.4. The number of ether oxygens (including phenoxy) is 1. The summed E-state index contributed by atoms with van der Waals surface area (Å²) in [6.45, 7) is 3.76. The predicted molar refractivity (Wildman–Crippen MR) is 113 cm³/mol. The van der Waals surface area contributed by atoms with Crippen LogP contribution in [0.15, 0.2) is 57.0 Å². The van der Waals surface area contributed by atoms with Crippen molar-refractivity contribution in [1.82, 2.24) is 10.2 Å². The van der Waals surface area contributed by atoms with Crippen LogP contribution in [-0.2, 0) is 4.79 Å². The highest BCUT2D eigenvalue weighted by atomic mass is 35.5. The maximum absolute atomic E-state index is 11.8. The first kappa shape index (κ1) is 21.2. The summed E-state index contributed by atoms with van der Waals surface area (Å²) in [5.74, 6) is -0.353. The molecule has 0 unspecified atom stereocenters. The van der Waals surface area contributed by atoms with Crippen molar-refractivity contribution >= 4 is 47.0 Å². The SMILES string of the molecule is CC(C)Oc1ccc(Cl)cc1/C=C(/Sc1nnc(-c2ccc(Cl)cc2)o1)C(=O)O. The van der Waals surface area contributed by atoms with Gasteiger partial charge < -0.3 is 14.3 Å². The van der Waals surface area contributed by atoms with Gasteiger partial charge in [-0.15, -0.1) is 10.2 Å². The molecule has 3 aromatic rings. The van der Waals surface area contributed by atoms with E-state index in [2.05, 4.69) is 10.2 Å². The molecule has 0 spiro atoms. The Morgan fingerprint density at radius 2 is 1.83 bits per heavy atom. The number of carbonyl (C=O) groups is 1. The lowest BCUT2D eigenvalue weighted by molar-refractivity contribution is -0.131. The van der Waals surface area contributed by atoms with Gasteiger partial charge in [0, 0.05) is 21.2 Å². The Kier molecular flexibility index (Phi) is 6.84. The van der Waals surface area contributed by atoms with Crippen molar-refractivity contribution in [3.63, 3.8) is 0 Å². The number of carboxylic acids is 1. The highest BCUT2D eigenvalue weighted by Gasteiger charge is 2.17. The molecule has 0 saturated carbocycles. The second-order valence-electron chi connectivity index (χ2n) is 6.14. The van der Waals surface area contributed by atoms with Crippen molar-refractivity contribution < 1.29 is 19.1 Å². The molecule has 0 aliphatic rings. The van der Waals surface area contributed by atoms with E-state index in [0.717, 1.165) is 11.8 Å². The second-order valence-corrected chi connectivity index (χ2v) is 8.01. The van der Waals surface area contributed by atoms with Crippen molar-refractivity contribution in [2.24, 2.45) is 0 Å². The van der Waals surface area contributed by atoms with E-state index in [-0.39, 0.29) is 22.1 Å². The van der Waals surface area contributed by atoms with Crippen molar-refractivity contribution in [3.05, 3.63) is 63.0 Å². The Hall–Kier alpha value is -2.48. The molecular weight excluding hydrogens is 435 g/mol. The largest absolute Gasteiger partial charge is 0.490 e. The van der Waals surface area contributed by atoms with Gasteiger partial charge >= 0.3 is 5.97 Å². The molecule has 2 aromatic carbocycles. The minimum absolute atomic E-state index is 0.0211. The highest BCUT2D eigenvalue weighted by Crippen LogP contribution is 2.33. The first-order valence-electron chi connectivity index (χ1n) is 8.50. The Morgan fingerprint density at radius 1 is 1.14 bits per heavy atom. The lowest BCUT2D eigenvalue weighted by Crippen LogP contribution is -2.07. The molecule has 0 amide bonds. The predicted octanol–water partition coefficient (Wildman–Crippen LogP) is 6.05. The summed E-state index contributed by atoms with van der Waals surface area (Å²) in [6, 6.07) is 11.9. The maximum Gasteiger partial charge on any atom is 0.342 e. The van der Waals surface area contributed by atoms with Crippen molar-refractivity contribution in [2.75, 3.05) is 0 Å². The summed E-state index contributed by atoms with van der Waals surface area (Å²) < 4.78 is 11.3. The molecule has 1 N–H and O–H groups in total. The molecule has 1 aromatic heterocycles. The third kappa shape index (κ3) is 5.76. The van der Waals surface area contributed by atoms with Crippen LogP contribution in [0.4, 0.5) is 0 Å². The molecule has 0 radical (unpaired) electrons. The Balaban J connectivity index is 1.89. The van der Waals surface area contributed by atoms with Crippen LogP contribution < -0.4 is 4.74 Å². The van der Waals surface area contributed by atoms with E-state index >= 15 is 0 Å². The first-order chi connectivity index (χ1) is 13.8. The van der Waals surface area contributed by atoms with E-state index < -0.39 is 5.97 Å². The van der Waals surface area contributed by atoms with Crippen LogP contribution in [0.3, 0.4) is 0 Å². The summed E-state index contributed by atoms with van der Waals surface area (Å²) in [5, 5.41) is 18.6. The van der Waals surface area contributed by atoms with E-state index in [1.54, 1.807) is 42.5 Å². The molecule has 0 fully saturated rings. The van der Waals surface area contributed by atoms with Crippen molar-refractivity contribution in [1.29, 1.82) is 0 Å². The van der Waals surface area contributed by atoms with E-state index in [1.165, 1.54) is 6.08 Å². The van der Waals surface area contributed by atoms with Crippen LogP contribution >= 0.6 is 35.0 Å². The first-order valence-corrected chi connectivity index (χ1v) is 10.1. The molecule has 150 valence electrons. The number of hydrogen-bond donors (Lipinski definition) is 1. The second kappa shape index (κ2) is 9.35. The van der Waals surface area contributed by atoms with Gasteiger partial charge in [-0.3, -0.25) is 0 Å². The van der Waals surface area contributed by atoms with Gasteiger partial charge in [-0.05, 0) is 74.1 Å². The number of nitrogens with zero attached hydrogens (tertiary/aromatic N) is 2. The molecule has 0 aliphatic heterocycles. The quantitative estimate of drug-likeness (QED) is 0.346. The van der Waals surface area contributed by atoms with Crippen molar-refractivity contribution in [3.8, 4) is 17.2 Å². The topological polar surface area (TPSA) is 85.5 Å². The number of aromatic nitrogens is 2. The summed E-state index contributed by atoms with van der Waals surface area (Å²) in [4.78, 5) is 11.8. The molecule has 1 heterocycles. The normalized spacial score (nSPS) is 11.7. The summed E-state index contributed by atoms with van der Waals surface area (Å²) in [6.07, 6.45) is 1.38.